The van der Waals surface area contributed by atoms with Crippen LogP contribution in [0.5, 0.6) is 0 Å². The highest BCUT2D eigenvalue weighted by molar-refractivity contribution is 5.24. The molecule has 1 nitrogen and oxygen atoms in total. The van der Waals surface area contributed by atoms with Crippen molar-refractivity contribution in [3.63, 3.8) is 0 Å². The van der Waals surface area contributed by atoms with Crippen LogP contribution < -0.4 is 0 Å². The number of hydrogen-bond donors (Lipinski definition) is 0. The third-order valence-corrected chi connectivity index (χ3v) is 11.1. The summed E-state index contributed by atoms with van der Waals surface area (Å²) >= 11 is 0. The van der Waals surface area contributed by atoms with Crippen LogP contribution in [0.2, 0.25) is 0 Å². The van der Waals surface area contributed by atoms with E-state index in [1.807, 2.05) is 5.57 Å². The first-order valence-electron chi connectivity index (χ1n) is 13.1. The first-order valence-corrected chi connectivity index (χ1v) is 13.1. The van der Waals surface area contributed by atoms with Crippen LogP contribution in [0.3, 0.4) is 0 Å². The molecule has 0 radical (unpaired) electrons. The topological polar surface area (TPSA) is 23.8 Å². The van der Waals surface area contributed by atoms with Crippen LogP contribution >= 0.6 is 0 Å². The molecular formula is C28H43N. The number of nitriles is 1. The minimum absolute atomic E-state index is 0.324. The maximum absolute atomic E-state index is 9.92. The minimum Gasteiger partial charge on any atom is -0.198 e. The number of hydrogen-bond acceptors (Lipinski definition) is 1. The van der Waals surface area contributed by atoms with Crippen molar-refractivity contribution in [1.82, 2.24) is 0 Å². The molecule has 0 saturated heterocycles. The van der Waals surface area contributed by atoms with E-state index in [1.165, 1.54) is 96.3 Å². The quantitative estimate of drug-likeness (QED) is 0.443. The van der Waals surface area contributed by atoms with E-state index in [-0.39, 0.29) is 0 Å². The van der Waals surface area contributed by atoms with Gasteiger partial charge >= 0.3 is 0 Å². The van der Waals surface area contributed by atoms with Crippen LogP contribution in [0, 0.1) is 57.7 Å². The maximum Gasteiger partial charge on any atom is 0.0655 e. The summed E-state index contributed by atoms with van der Waals surface area (Å²) in [6.45, 7) is 5.29. The first-order chi connectivity index (χ1) is 14.0. The standard InChI is InChI=1S/C28H43N/c1-27-15-6-5-9-22(27)10-12-24-25-13-11-23(28(25,2)16-14-26(24)27)18-21(19-29)17-20-7-3-4-8-20/h10,20-21,23-26H,3-9,11-18H2,1-2H3. The van der Waals surface area contributed by atoms with Crippen molar-refractivity contribution >= 4 is 0 Å². The lowest BCUT2D eigenvalue weighted by Gasteiger charge is -2.57. The predicted octanol–water partition coefficient (Wildman–Crippen LogP) is 8.07. The Morgan fingerprint density at radius 3 is 2.59 bits per heavy atom. The first kappa shape index (κ1) is 20.2. The molecule has 5 rings (SSSR count). The van der Waals surface area contributed by atoms with Crippen LogP contribution in [0.25, 0.3) is 0 Å². The largest absolute Gasteiger partial charge is 0.198 e. The molecule has 0 amide bonds. The molecule has 7 unspecified atom stereocenters. The van der Waals surface area contributed by atoms with Crippen molar-refractivity contribution in [2.75, 3.05) is 0 Å². The van der Waals surface area contributed by atoms with E-state index >= 15 is 0 Å². The van der Waals surface area contributed by atoms with Gasteiger partial charge in [-0.1, -0.05) is 57.6 Å². The van der Waals surface area contributed by atoms with Gasteiger partial charge in [-0.2, -0.15) is 5.26 Å². The molecule has 0 aliphatic heterocycles. The van der Waals surface area contributed by atoms with Gasteiger partial charge in [-0.25, -0.2) is 0 Å². The monoisotopic (exact) mass is 393 g/mol. The van der Waals surface area contributed by atoms with E-state index in [4.69, 9.17) is 0 Å². The van der Waals surface area contributed by atoms with Crippen LogP contribution in [0.15, 0.2) is 11.6 Å². The Bertz CT molecular complexity index is 679. The molecule has 0 heterocycles. The zero-order valence-corrected chi connectivity index (χ0v) is 19.1. The summed E-state index contributed by atoms with van der Waals surface area (Å²) in [5.74, 6) is 4.79. The Morgan fingerprint density at radius 1 is 0.966 bits per heavy atom. The fourth-order valence-corrected chi connectivity index (χ4v) is 9.39. The zero-order valence-electron chi connectivity index (χ0n) is 19.1. The Kier molecular flexibility index (Phi) is 5.37. The second kappa shape index (κ2) is 7.73. The van der Waals surface area contributed by atoms with Gasteiger partial charge in [0, 0.05) is 5.92 Å². The van der Waals surface area contributed by atoms with Gasteiger partial charge in [0.2, 0.25) is 0 Å². The Hall–Kier alpha value is -0.770. The van der Waals surface area contributed by atoms with E-state index < -0.39 is 0 Å². The summed E-state index contributed by atoms with van der Waals surface area (Å²) in [5, 5.41) is 9.92. The van der Waals surface area contributed by atoms with Crippen molar-refractivity contribution in [3.05, 3.63) is 11.6 Å². The molecule has 5 aliphatic carbocycles. The summed E-state index contributed by atoms with van der Waals surface area (Å²) in [7, 11) is 0. The molecule has 0 aromatic heterocycles. The lowest BCUT2D eigenvalue weighted by Crippen LogP contribution is -2.49. The zero-order chi connectivity index (χ0) is 20.1. The third-order valence-electron chi connectivity index (χ3n) is 11.1. The molecular weight excluding hydrogens is 350 g/mol. The summed E-state index contributed by atoms with van der Waals surface area (Å²) in [6, 6.07) is 2.76. The molecule has 7 atom stereocenters. The molecule has 160 valence electrons. The fraction of sp³-hybridized carbons (Fsp3) is 0.893. The van der Waals surface area contributed by atoms with E-state index in [9.17, 15) is 5.26 Å². The third kappa shape index (κ3) is 3.32. The number of fused-ring (bicyclic) bond motifs is 5. The van der Waals surface area contributed by atoms with Crippen molar-refractivity contribution in [2.45, 2.75) is 110 Å². The fourth-order valence-electron chi connectivity index (χ4n) is 9.39. The molecule has 0 aromatic carbocycles. The van der Waals surface area contributed by atoms with Crippen molar-refractivity contribution in [2.24, 2.45) is 46.3 Å². The average molecular weight is 394 g/mol. The van der Waals surface area contributed by atoms with Crippen LogP contribution in [-0.4, -0.2) is 0 Å². The van der Waals surface area contributed by atoms with Gasteiger partial charge in [0.25, 0.3) is 0 Å². The molecule has 4 saturated carbocycles. The summed E-state index contributed by atoms with van der Waals surface area (Å²) in [5.41, 5.74) is 2.88. The molecule has 0 bridgehead atoms. The highest BCUT2D eigenvalue weighted by atomic mass is 14.6. The van der Waals surface area contributed by atoms with Crippen LogP contribution in [0.1, 0.15) is 110 Å². The van der Waals surface area contributed by atoms with E-state index in [2.05, 4.69) is 26.0 Å². The van der Waals surface area contributed by atoms with Crippen molar-refractivity contribution in [3.8, 4) is 6.07 Å². The molecule has 5 aliphatic rings. The van der Waals surface area contributed by atoms with E-state index in [0.29, 0.717) is 16.7 Å². The van der Waals surface area contributed by atoms with Gasteiger partial charge < -0.3 is 0 Å². The SMILES string of the molecule is CC12CCCCC1=CCC1C2CCC2(C)C(CC(C#N)CC3CCCC3)CCC12. The Balaban J connectivity index is 1.31. The summed E-state index contributed by atoms with van der Waals surface area (Å²) < 4.78 is 0. The van der Waals surface area contributed by atoms with Crippen molar-refractivity contribution in [1.29, 1.82) is 5.26 Å². The molecule has 0 N–H and O–H groups in total. The maximum atomic E-state index is 9.92. The van der Waals surface area contributed by atoms with Gasteiger partial charge in [0.15, 0.2) is 0 Å². The number of allylic oxidation sites excluding steroid dienone is 2. The van der Waals surface area contributed by atoms with Crippen LogP contribution in [0.4, 0.5) is 0 Å². The molecule has 29 heavy (non-hydrogen) atoms. The predicted molar refractivity (Wildman–Crippen MR) is 120 cm³/mol. The smallest absolute Gasteiger partial charge is 0.0655 e. The molecule has 0 aromatic rings. The summed E-state index contributed by atoms with van der Waals surface area (Å²) in [6.07, 6.45) is 23.5. The second-order valence-corrected chi connectivity index (χ2v) is 12.2. The molecule has 0 spiro atoms. The minimum atomic E-state index is 0.324. The van der Waals surface area contributed by atoms with Crippen LogP contribution in [-0.2, 0) is 0 Å². The highest BCUT2D eigenvalue weighted by Gasteiger charge is 2.58. The Morgan fingerprint density at radius 2 is 1.79 bits per heavy atom. The number of rotatable bonds is 4. The molecule has 1 heteroatoms. The average Bonchev–Trinajstić information content (AvgIpc) is 3.34. The molecule has 4 fully saturated rings. The summed E-state index contributed by atoms with van der Waals surface area (Å²) in [4.78, 5) is 0. The Labute approximate surface area is 179 Å². The lowest BCUT2D eigenvalue weighted by atomic mass is 9.47. The highest BCUT2D eigenvalue weighted by Crippen LogP contribution is 2.67. The van der Waals surface area contributed by atoms with Gasteiger partial charge in [-0.3, -0.25) is 0 Å². The van der Waals surface area contributed by atoms with Gasteiger partial charge in [-0.15, -0.1) is 0 Å². The van der Waals surface area contributed by atoms with E-state index in [1.54, 1.807) is 0 Å². The second-order valence-electron chi connectivity index (χ2n) is 12.2. The van der Waals surface area contributed by atoms with Gasteiger partial charge in [0.1, 0.15) is 0 Å². The number of nitrogens with zero attached hydrogens (tertiary/aromatic N) is 1. The lowest BCUT2D eigenvalue weighted by molar-refractivity contribution is -0.0438. The van der Waals surface area contributed by atoms with E-state index in [0.717, 1.165) is 29.6 Å². The van der Waals surface area contributed by atoms with Gasteiger partial charge in [0.05, 0.1) is 6.07 Å². The van der Waals surface area contributed by atoms with Crippen molar-refractivity contribution < 1.29 is 0 Å². The van der Waals surface area contributed by atoms with Gasteiger partial charge in [-0.05, 0) is 105 Å². The normalized spacial score (nSPS) is 45.6.